The smallest absolute Gasteiger partial charge is 0.278 e. The number of para-hydroxylation sites is 1. The molecule has 0 unspecified atom stereocenters. The molecular formula is C14H12F3NO2S2. The first-order chi connectivity index (χ1) is 10.2. The van der Waals surface area contributed by atoms with Crippen LogP contribution in [0.4, 0.5) is 18.9 Å². The van der Waals surface area contributed by atoms with E-state index in [1.807, 2.05) is 0 Å². The van der Waals surface area contributed by atoms with Crippen molar-refractivity contribution in [2.45, 2.75) is 22.2 Å². The third-order valence-electron chi connectivity index (χ3n) is 2.69. The molecule has 8 heteroatoms. The van der Waals surface area contributed by atoms with Crippen LogP contribution in [-0.2, 0) is 10.0 Å². The van der Waals surface area contributed by atoms with Crippen molar-refractivity contribution in [3.05, 3.63) is 54.1 Å². The summed E-state index contributed by atoms with van der Waals surface area (Å²) in [6.07, 6.45) is 0. The number of nitrogens with one attached hydrogen (secondary N) is 1. The summed E-state index contributed by atoms with van der Waals surface area (Å²) in [5.41, 5.74) is -3.72. The summed E-state index contributed by atoms with van der Waals surface area (Å²) in [6, 6.07) is 11.4. The Morgan fingerprint density at radius 3 is 2.18 bits per heavy atom. The van der Waals surface area contributed by atoms with Gasteiger partial charge in [0, 0.05) is 4.90 Å². The Labute approximate surface area is 130 Å². The number of halogens is 3. The van der Waals surface area contributed by atoms with Gasteiger partial charge in [-0.3, -0.25) is 4.72 Å². The molecule has 0 aromatic heterocycles. The molecule has 118 valence electrons. The van der Waals surface area contributed by atoms with Crippen LogP contribution in [0.15, 0.2) is 58.3 Å². The van der Waals surface area contributed by atoms with Crippen LogP contribution in [0.5, 0.6) is 0 Å². The molecule has 0 spiro atoms. The fourth-order valence-electron chi connectivity index (χ4n) is 1.69. The maximum atomic E-state index is 12.5. The maximum absolute atomic E-state index is 12.5. The Morgan fingerprint density at radius 1 is 1.00 bits per heavy atom. The number of anilines is 1. The van der Waals surface area contributed by atoms with Gasteiger partial charge in [0.1, 0.15) is 0 Å². The van der Waals surface area contributed by atoms with Crippen LogP contribution in [0.2, 0.25) is 0 Å². The molecule has 0 heterocycles. The van der Waals surface area contributed by atoms with E-state index in [1.165, 1.54) is 36.4 Å². The lowest BCUT2D eigenvalue weighted by Gasteiger charge is -2.13. The first kappa shape index (κ1) is 16.7. The Hall–Kier alpha value is -1.67. The topological polar surface area (TPSA) is 46.2 Å². The molecule has 2 aromatic carbocycles. The highest BCUT2D eigenvalue weighted by molar-refractivity contribution is 8.00. The van der Waals surface area contributed by atoms with Gasteiger partial charge in [0.25, 0.3) is 10.0 Å². The molecule has 3 nitrogen and oxygen atoms in total. The average molecular weight is 347 g/mol. The lowest BCUT2D eigenvalue weighted by molar-refractivity contribution is -0.0327. The Balaban J connectivity index is 2.32. The number of hydrogen-bond donors (Lipinski definition) is 1. The molecule has 1 N–H and O–H groups in total. The molecule has 0 saturated carbocycles. The number of alkyl halides is 3. The molecule has 2 rings (SSSR count). The second-order valence-corrected chi connectivity index (χ2v) is 7.25. The summed E-state index contributed by atoms with van der Waals surface area (Å²) >= 11 is -0.361. The normalized spacial score (nSPS) is 12.2. The van der Waals surface area contributed by atoms with E-state index in [0.29, 0.717) is 0 Å². The number of benzene rings is 2. The second-order valence-electron chi connectivity index (χ2n) is 4.46. The number of aryl methyl sites for hydroxylation is 1. The molecule has 0 saturated heterocycles. The summed E-state index contributed by atoms with van der Waals surface area (Å²) in [4.78, 5) is -0.212. The zero-order valence-electron chi connectivity index (χ0n) is 11.4. The summed E-state index contributed by atoms with van der Waals surface area (Å²) in [7, 11) is -3.94. The van der Waals surface area contributed by atoms with Crippen LogP contribution in [0.1, 0.15) is 5.56 Å². The second kappa shape index (κ2) is 6.21. The number of sulfonamides is 1. The van der Waals surface area contributed by atoms with Crippen LogP contribution in [0.25, 0.3) is 0 Å². The van der Waals surface area contributed by atoms with Gasteiger partial charge in [-0.2, -0.15) is 13.2 Å². The zero-order valence-corrected chi connectivity index (χ0v) is 13.0. The lowest BCUT2D eigenvalue weighted by Crippen LogP contribution is -2.14. The van der Waals surface area contributed by atoms with Crippen molar-refractivity contribution in [1.29, 1.82) is 0 Å². The summed E-state index contributed by atoms with van der Waals surface area (Å²) < 4.78 is 64.2. The highest BCUT2D eigenvalue weighted by Crippen LogP contribution is 2.40. The predicted molar refractivity (Wildman–Crippen MR) is 80.3 cm³/mol. The Bertz CT molecular complexity index is 756. The molecule has 22 heavy (non-hydrogen) atoms. The van der Waals surface area contributed by atoms with Gasteiger partial charge >= 0.3 is 5.51 Å². The fraction of sp³-hybridized carbons (Fsp3) is 0.143. The Kier molecular flexibility index (Phi) is 4.72. The van der Waals surface area contributed by atoms with Crippen molar-refractivity contribution < 1.29 is 21.6 Å². The van der Waals surface area contributed by atoms with Gasteiger partial charge in [0.2, 0.25) is 0 Å². The van der Waals surface area contributed by atoms with Crippen molar-refractivity contribution in [2.24, 2.45) is 0 Å². The minimum atomic E-state index is -4.49. The first-order valence-electron chi connectivity index (χ1n) is 6.12. The SMILES string of the molecule is Cc1ccc(S(=O)(=O)Nc2ccccc2SC(F)(F)F)cc1. The van der Waals surface area contributed by atoms with Gasteiger partial charge in [-0.25, -0.2) is 8.42 Å². The molecule has 0 bridgehead atoms. The minimum Gasteiger partial charge on any atom is -0.278 e. The average Bonchev–Trinajstić information content (AvgIpc) is 2.39. The van der Waals surface area contributed by atoms with E-state index in [9.17, 15) is 21.6 Å². The van der Waals surface area contributed by atoms with Gasteiger partial charge in [0.05, 0.1) is 10.6 Å². The number of hydrogen-bond acceptors (Lipinski definition) is 3. The zero-order chi connectivity index (χ0) is 16.4. The van der Waals surface area contributed by atoms with Gasteiger partial charge < -0.3 is 0 Å². The summed E-state index contributed by atoms with van der Waals surface area (Å²) in [5.74, 6) is 0. The lowest BCUT2D eigenvalue weighted by atomic mass is 10.2. The van der Waals surface area contributed by atoms with Crippen LogP contribution in [0, 0.1) is 6.92 Å². The van der Waals surface area contributed by atoms with Crippen molar-refractivity contribution >= 4 is 27.5 Å². The quantitative estimate of drug-likeness (QED) is 0.834. The van der Waals surface area contributed by atoms with Crippen molar-refractivity contribution in [3.8, 4) is 0 Å². The molecular weight excluding hydrogens is 335 g/mol. The molecule has 2 aromatic rings. The highest BCUT2D eigenvalue weighted by Gasteiger charge is 2.31. The first-order valence-corrected chi connectivity index (χ1v) is 8.42. The van der Waals surface area contributed by atoms with E-state index in [0.717, 1.165) is 5.56 Å². The van der Waals surface area contributed by atoms with Gasteiger partial charge in [-0.15, -0.1) is 0 Å². The van der Waals surface area contributed by atoms with Crippen molar-refractivity contribution in [1.82, 2.24) is 0 Å². The van der Waals surface area contributed by atoms with Crippen LogP contribution in [-0.4, -0.2) is 13.9 Å². The molecule has 0 aliphatic carbocycles. The van der Waals surface area contributed by atoms with E-state index in [-0.39, 0.29) is 27.2 Å². The fourth-order valence-corrected chi connectivity index (χ4v) is 3.46. The number of thioether (sulfide) groups is 1. The monoisotopic (exact) mass is 347 g/mol. The Morgan fingerprint density at radius 2 is 1.59 bits per heavy atom. The van der Waals surface area contributed by atoms with E-state index >= 15 is 0 Å². The van der Waals surface area contributed by atoms with Gasteiger partial charge in [-0.1, -0.05) is 29.8 Å². The van der Waals surface area contributed by atoms with Crippen LogP contribution < -0.4 is 4.72 Å². The highest BCUT2D eigenvalue weighted by atomic mass is 32.2. The third kappa shape index (κ3) is 4.41. The molecule has 0 amide bonds. The predicted octanol–water partition coefficient (Wildman–Crippen LogP) is 4.41. The van der Waals surface area contributed by atoms with Crippen molar-refractivity contribution in [2.75, 3.05) is 4.72 Å². The van der Waals surface area contributed by atoms with Gasteiger partial charge in [-0.05, 0) is 43.0 Å². The molecule has 0 aliphatic rings. The van der Waals surface area contributed by atoms with E-state index in [2.05, 4.69) is 4.72 Å². The largest absolute Gasteiger partial charge is 0.446 e. The van der Waals surface area contributed by atoms with E-state index < -0.39 is 15.5 Å². The standard InChI is InChI=1S/C14H12F3NO2S2/c1-10-6-8-11(9-7-10)22(19,20)18-12-4-2-3-5-13(12)21-14(15,16)17/h2-9,18H,1H3. The molecule has 0 atom stereocenters. The van der Waals surface area contributed by atoms with Gasteiger partial charge in [0.15, 0.2) is 0 Å². The summed E-state index contributed by atoms with van der Waals surface area (Å²) in [5, 5.41) is 0. The van der Waals surface area contributed by atoms with Crippen LogP contribution in [0.3, 0.4) is 0 Å². The molecule has 0 aliphatic heterocycles. The molecule has 0 radical (unpaired) electrons. The number of rotatable bonds is 4. The molecule has 0 fully saturated rings. The van der Waals surface area contributed by atoms with E-state index in [1.54, 1.807) is 19.1 Å². The van der Waals surface area contributed by atoms with E-state index in [4.69, 9.17) is 0 Å². The van der Waals surface area contributed by atoms with Crippen LogP contribution >= 0.6 is 11.8 Å². The third-order valence-corrected chi connectivity index (χ3v) is 4.88. The minimum absolute atomic E-state index is 0.00934. The summed E-state index contributed by atoms with van der Waals surface area (Å²) in [6.45, 7) is 1.80. The van der Waals surface area contributed by atoms with Crippen molar-refractivity contribution in [3.63, 3.8) is 0 Å². The maximum Gasteiger partial charge on any atom is 0.446 e.